The molecule has 0 amide bonds. The predicted octanol–water partition coefficient (Wildman–Crippen LogP) is 3.03. The lowest BCUT2D eigenvalue weighted by atomic mass is 10.1. The molecule has 3 rings (SSSR count). The zero-order valence-corrected chi connectivity index (χ0v) is 17.0. The van der Waals surface area contributed by atoms with Crippen molar-refractivity contribution in [3.63, 3.8) is 0 Å². The van der Waals surface area contributed by atoms with Gasteiger partial charge in [0.25, 0.3) is 0 Å². The Morgan fingerprint density at radius 2 is 2.10 bits per heavy atom. The van der Waals surface area contributed by atoms with Gasteiger partial charge in [-0.3, -0.25) is 0 Å². The van der Waals surface area contributed by atoms with Crippen molar-refractivity contribution in [2.75, 3.05) is 13.2 Å². The Balaban J connectivity index is 1.72. The monoisotopic (exact) mass is 434 g/mol. The first-order chi connectivity index (χ1) is 13.9. The number of sulfonamides is 1. The van der Waals surface area contributed by atoms with Crippen LogP contribution in [0.3, 0.4) is 0 Å². The number of nitrogens with one attached hydrogen (secondary N) is 1. The molecule has 29 heavy (non-hydrogen) atoms. The molecule has 1 unspecified atom stereocenters. The minimum absolute atomic E-state index is 0.00350. The van der Waals surface area contributed by atoms with Gasteiger partial charge in [-0.05, 0) is 37.1 Å². The van der Waals surface area contributed by atoms with Crippen molar-refractivity contribution in [3.8, 4) is 6.07 Å². The number of nitriles is 1. The molecule has 0 bridgehead atoms. The first-order valence-electron chi connectivity index (χ1n) is 8.96. The number of carbonyl (C=O) groups is 1. The smallest absolute Gasteiger partial charge is 0.338 e. The van der Waals surface area contributed by atoms with Crippen LogP contribution in [0.25, 0.3) is 0 Å². The van der Waals surface area contributed by atoms with Crippen LogP contribution >= 0.6 is 11.6 Å². The first-order valence-corrected chi connectivity index (χ1v) is 10.8. The van der Waals surface area contributed by atoms with Crippen LogP contribution in [0.15, 0.2) is 47.4 Å². The lowest BCUT2D eigenvalue weighted by molar-refractivity contribution is 0.0472. The molecular weight excluding hydrogens is 416 g/mol. The van der Waals surface area contributed by atoms with Crippen LogP contribution in [-0.4, -0.2) is 33.6 Å². The quantitative estimate of drug-likeness (QED) is 0.671. The molecule has 0 aliphatic carbocycles. The molecule has 1 heterocycles. The Bertz CT molecular complexity index is 1040. The van der Waals surface area contributed by atoms with E-state index in [1.807, 2.05) is 6.07 Å². The van der Waals surface area contributed by atoms with Gasteiger partial charge in [-0.1, -0.05) is 29.8 Å². The molecular formula is C20H19ClN2O5S. The largest absolute Gasteiger partial charge is 0.457 e. The number of hydrogen-bond donors (Lipinski definition) is 1. The molecule has 2 aromatic rings. The Labute approximate surface area is 174 Å². The zero-order chi connectivity index (χ0) is 20.9. The molecule has 9 heteroatoms. The number of benzene rings is 2. The van der Waals surface area contributed by atoms with Crippen LogP contribution in [0.2, 0.25) is 5.02 Å². The summed E-state index contributed by atoms with van der Waals surface area (Å²) in [5, 5.41) is 9.10. The van der Waals surface area contributed by atoms with Crippen LogP contribution in [0.1, 0.15) is 34.3 Å². The third-order valence-corrected chi connectivity index (χ3v) is 6.38. The van der Waals surface area contributed by atoms with Crippen molar-refractivity contribution in [1.82, 2.24) is 4.72 Å². The Kier molecular flexibility index (Phi) is 6.87. The molecule has 0 radical (unpaired) electrons. The lowest BCUT2D eigenvalue weighted by Crippen LogP contribution is -2.32. The van der Waals surface area contributed by atoms with Crippen molar-refractivity contribution in [2.24, 2.45) is 0 Å². The van der Waals surface area contributed by atoms with Crippen LogP contribution in [0.4, 0.5) is 0 Å². The highest BCUT2D eigenvalue weighted by atomic mass is 35.5. The van der Waals surface area contributed by atoms with Gasteiger partial charge in [0, 0.05) is 18.7 Å². The van der Waals surface area contributed by atoms with Gasteiger partial charge in [-0.15, -0.1) is 0 Å². The second kappa shape index (κ2) is 9.37. The summed E-state index contributed by atoms with van der Waals surface area (Å²) >= 11 is 6.05. The molecule has 0 spiro atoms. The van der Waals surface area contributed by atoms with Crippen molar-refractivity contribution in [1.29, 1.82) is 5.26 Å². The van der Waals surface area contributed by atoms with Crippen molar-refractivity contribution in [2.45, 2.75) is 30.4 Å². The standard InChI is InChI=1S/C20H19ClN2O5S/c21-18-8-7-14(20(24)28-13-16-5-2-1-4-15(16)11-22)10-19(18)29(25,26)23-12-17-6-3-9-27-17/h1-2,4-5,7-8,10,17,23H,3,6,9,12-13H2. The average Bonchev–Trinajstić information content (AvgIpc) is 3.25. The SMILES string of the molecule is N#Cc1ccccc1COC(=O)c1ccc(Cl)c(S(=O)(=O)NCC2CCCO2)c1. The van der Waals surface area contributed by atoms with Gasteiger partial charge in [0.15, 0.2) is 0 Å². The summed E-state index contributed by atoms with van der Waals surface area (Å²) in [6, 6.07) is 12.7. The maximum Gasteiger partial charge on any atom is 0.338 e. The summed E-state index contributed by atoms with van der Waals surface area (Å²) < 4.78 is 38.3. The average molecular weight is 435 g/mol. The number of carbonyl (C=O) groups excluding carboxylic acids is 1. The van der Waals surface area contributed by atoms with E-state index < -0.39 is 16.0 Å². The third-order valence-electron chi connectivity index (χ3n) is 4.48. The maximum atomic E-state index is 12.6. The first kappa shape index (κ1) is 21.3. The van der Waals surface area contributed by atoms with Gasteiger partial charge in [0.2, 0.25) is 10.0 Å². The van der Waals surface area contributed by atoms with E-state index in [-0.39, 0.29) is 34.7 Å². The fourth-order valence-electron chi connectivity index (χ4n) is 2.90. The number of esters is 1. The second-order valence-electron chi connectivity index (χ2n) is 6.48. The van der Waals surface area contributed by atoms with E-state index in [1.54, 1.807) is 24.3 Å². The Morgan fingerprint density at radius 3 is 2.83 bits per heavy atom. The molecule has 1 saturated heterocycles. The molecule has 152 valence electrons. The van der Waals surface area contributed by atoms with Crippen LogP contribution in [0.5, 0.6) is 0 Å². The zero-order valence-electron chi connectivity index (χ0n) is 15.4. The third kappa shape index (κ3) is 5.34. The summed E-state index contributed by atoms with van der Waals surface area (Å²) in [7, 11) is -3.92. The van der Waals surface area contributed by atoms with E-state index in [2.05, 4.69) is 4.72 Å². The van der Waals surface area contributed by atoms with Crippen LogP contribution in [0, 0.1) is 11.3 Å². The second-order valence-corrected chi connectivity index (χ2v) is 8.62. The topological polar surface area (TPSA) is 105 Å². The van der Waals surface area contributed by atoms with E-state index >= 15 is 0 Å². The normalized spacial score (nSPS) is 16.3. The minimum Gasteiger partial charge on any atom is -0.457 e. The molecule has 7 nitrogen and oxygen atoms in total. The van der Waals surface area contributed by atoms with Gasteiger partial charge >= 0.3 is 5.97 Å². The number of ether oxygens (including phenoxy) is 2. The molecule has 2 aromatic carbocycles. The van der Waals surface area contributed by atoms with E-state index in [1.165, 1.54) is 18.2 Å². The van der Waals surface area contributed by atoms with Gasteiger partial charge in [0.1, 0.15) is 11.5 Å². The molecule has 1 aliphatic heterocycles. The summed E-state index contributed by atoms with van der Waals surface area (Å²) in [4.78, 5) is 12.2. The Hall–Kier alpha value is -2.44. The van der Waals surface area contributed by atoms with Crippen molar-refractivity contribution >= 4 is 27.6 Å². The fourth-order valence-corrected chi connectivity index (χ4v) is 4.49. The summed E-state index contributed by atoms with van der Waals surface area (Å²) in [5.74, 6) is -0.718. The summed E-state index contributed by atoms with van der Waals surface area (Å²) in [6.07, 6.45) is 1.51. The van der Waals surface area contributed by atoms with E-state index in [9.17, 15) is 13.2 Å². The van der Waals surface area contributed by atoms with Crippen molar-refractivity contribution in [3.05, 3.63) is 64.2 Å². The highest BCUT2D eigenvalue weighted by Gasteiger charge is 2.23. The van der Waals surface area contributed by atoms with Gasteiger partial charge < -0.3 is 9.47 Å². The minimum atomic E-state index is -3.92. The van der Waals surface area contributed by atoms with Crippen LogP contribution in [-0.2, 0) is 26.1 Å². The highest BCUT2D eigenvalue weighted by Crippen LogP contribution is 2.24. The number of hydrogen-bond acceptors (Lipinski definition) is 6. The number of rotatable bonds is 7. The number of nitrogens with zero attached hydrogens (tertiary/aromatic N) is 1. The predicted molar refractivity (Wildman–Crippen MR) is 106 cm³/mol. The maximum absolute atomic E-state index is 12.6. The summed E-state index contributed by atoms with van der Waals surface area (Å²) in [5.41, 5.74) is 1.00. The van der Waals surface area contributed by atoms with E-state index in [4.69, 9.17) is 26.3 Å². The molecule has 1 aliphatic rings. The molecule has 0 saturated carbocycles. The fraction of sp³-hybridized carbons (Fsp3) is 0.300. The van der Waals surface area contributed by atoms with E-state index in [0.717, 1.165) is 12.8 Å². The van der Waals surface area contributed by atoms with E-state index in [0.29, 0.717) is 17.7 Å². The van der Waals surface area contributed by atoms with Gasteiger partial charge in [-0.25, -0.2) is 17.9 Å². The van der Waals surface area contributed by atoms with Crippen molar-refractivity contribution < 1.29 is 22.7 Å². The Morgan fingerprint density at radius 1 is 1.31 bits per heavy atom. The number of halogens is 1. The van der Waals surface area contributed by atoms with Crippen LogP contribution < -0.4 is 4.72 Å². The van der Waals surface area contributed by atoms with Gasteiger partial charge in [-0.2, -0.15) is 5.26 Å². The van der Waals surface area contributed by atoms with Gasteiger partial charge in [0.05, 0.1) is 28.3 Å². The summed E-state index contributed by atoms with van der Waals surface area (Å²) in [6.45, 7) is 0.645. The highest BCUT2D eigenvalue weighted by molar-refractivity contribution is 7.89. The molecule has 1 atom stereocenters. The molecule has 1 fully saturated rings. The molecule has 1 N–H and O–H groups in total. The lowest BCUT2D eigenvalue weighted by Gasteiger charge is -2.13. The molecule has 0 aromatic heterocycles.